The molecule has 0 aliphatic rings. The fraction of sp³-hybridized carbons (Fsp3) is 0. The second-order valence-electron chi connectivity index (χ2n) is 1.97. The molecule has 0 bridgehead atoms. The molecule has 82 valence electrons. The second kappa shape index (κ2) is 6.74. The minimum Gasteiger partial charge on any atom is -0.870 e. The van der Waals surface area contributed by atoms with Crippen LogP contribution in [-0.4, -0.2) is 31.3 Å². The topological polar surface area (TPSA) is 184 Å². The van der Waals surface area contributed by atoms with Gasteiger partial charge in [-0.05, 0) is 17.3 Å². The molecule has 0 spiro atoms. The summed E-state index contributed by atoms with van der Waals surface area (Å²) in [6.45, 7) is 0. The van der Waals surface area contributed by atoms with Crippen LogP contribution in [0, 0.1) is 0 Å². The Labute approximate surface area is 79.9 Å². The van der Waals surface area contributed by atoms with Gasteiger partial charge >= 0.3 is 0 Å². The Bertz CT molecular complexity index is 363. The van der Waals surface area contributed by atoms with Crippen LogP contribution < -0.4 is 12.3 Å². The minimum atomic E-state index is 0. The number of fused-ring (bicyclic) bond motifs is 1. The van der Waals surface area contributed by atoms with E-state index in [0.29, 0.717) is 11.0 Å². The van der Waals surface area contributed by atoms with Gasteiger partial charge in [0.05, 0.1) is 0 Å². The lowest BCUT2D eigenvalue weighted by Crippen LogP contribution is -1.90. The van der Waals surface area contributed by atoms with Gasteiger partial charge in [0.25, 0.3) is 0 Å². The monoisotopic (exact) mass is 205 g/mol. The molecule has 0 fully saturated rings. The number of quaternary nitrogens is 2. The molecule has 8 heteroatoms. The van der Waals surface area contributed by atoms with Gasteiger partial charge in [0.1, 0.15) is 11.0 Å². The van der Waals surface area contributed by atoms with Crippen LogP contribution in [0.25, 0.3) is 11.0 Å². The maximum atomic E-state index is 8.95. The minimum absolute atomic E-state index is 0. The molecule has 0 atom stereocenters. The predicted octanol–water partition coefficient (Wildman–Crippen LogP) is 1.07. The molecule has 11 N–H and O–H groups in total. The maximum Gasteiger partial charge on any atom is 0.130 e. The van der Waals surface area contributed by atoms with Gasteiger partial charge in [-0.1, -0.05) is 17.0 Å². The third-order valence-corrected chi connectivity index (χ3v) is 1.33. The zero-order valence-corrected chi connectivity index (χ0v) is 7.99. The van der Waals surface area contributed by atoms with Gasteiger partial charge in [0.2, 0.25) is 0 Å². The fourth-order valence-electron chi connectivity index (χ4n) is 0.857. The zero-order chi connectivity index (χ0) is 6.97. The van der Waals surface area contributed by atoms with E-state index in [1.54, 1.807) is 12.1 Å². The highest BCUT2D eigenvalue weighted by Gasteiger charge is 1.98. The van der Waals surface area contributed by atoms with E-state index < -0.39 is 0 Å². The number of rotatable bonds is 0. The highest BCUT2D eigenvalue weighted by molar-refractivity contribution is 5.73. The summed E-state index contributed by atoms with van der Waals surface area (Å²) in [5.41, 5.74) is 1.33. The first-order valence-electron chi connectivity index (χ1n) is 2.87. The number of para-hydroxylation sites is 1. The molecule has 1 heterocycles. The summed E-state index contributed by atoms with van der Waals surface area (Å²) >= 11 is 0. The molecule has 8 nitrogen and oxygen atoms in total. The second-order valence-corrected chi connectivity index (χ2v) is 1.97. The van der Waals surface area contributed by atoms with Crippen molar-refractivity contribution in [3.8, 4) is 0 Å². The molecule has 1 aromatic carbocycles. The normalized spacial score (nSPS) is 7.43. The lowest BCUT2D eigenvalue weighted by molar-refractivity contribution is 0.155. The van der Waals surface area contributed by atoms with E-state index in [0.717, 1.165) is 4.85 Å². The number of aromatic nitrogens is 3. The van der Waals surface area contributed by atoms with Crippen molar-refractivity contribution in [2.24, 2.45) is 0 Å². The van der Waals surface area contributed by atoms with Crippen LogP contribution in [0.5, 0.6) is 0 Å². The summed E-state index contributed by atoms with van der Waals surface area (Å²) in [7, 11) is 0. The van der Waals surface area contributed by atoms with Gasteiger partial charge in [0.15, 0.2) is 0 Å². The highest BCUT2D eigenvalue weighted by atomic mass is 16.5. The smallest absolute Gasteiger partial charge is 0.130 e. The lowest BCUT2D eigenvalue weighted by atomic mass is 10.3. The van der Waals surface area contributed by atoms with Crippen molar-refractivity contribution in [1.29, 1.82) is 0 Å². The van der Waals surface area contributed by atoms with Crippen molar-refractivity contribution in [1.82, 2.24) is 27.5 Å². The van der Waals surface area contributed by atoms with Crippen molar-refractivity contribution in [2.45, 2.75) is 0 Å². The average molecular weight is 205 g/mol. The molecule has 2 aromatic rings. The molecule has 14 heavy (non-hydrogen) atoms. The lowest BCUT2D eigenvalue weighted by Gasteiger charge is -1.85. The third kappa shape index (κ3) is 2.64. The first-order chi connectivity index (χ1) is 4.88. The number of hydrogen-bond donors (Lipinski definition) is 3. The van der Waals surface area contributed by atoms with Crippen LogP contribution >= 0.6 is 0 Å². The summed E-state index contributed by atoms with van der Waals surface area (Å²) in [5.74, 6) is 0. The summed E-state index contributed by atoms with van der Waals surface area (Å²) in [6, 6.07) is 7.19. The third-order valence-electron chi connectivity index (χ3n) is 1.33. The van der Waals surface area contributed by atoms with Crippen LogP contribution in [0.1, 0.15) is 0 Å². The van der Waals surface area contributed by atoms with Gasteiger partial charge in [0, 0.05) is 0 Å². The average Bonchev–Trinajstić information content (AvgIpc) is 2.34. The van der Waals surface area contributed by atoms with E-state index in [-0.39, 0.29) is 23.3 Å². The maximum absolute atomic E-state index is 8.95. The molecule has 0 saturated heterocycles. The summed E-state index contributed by atoms with van der Waals surface area (Å²) in [5, 5.41) is 16.1. The summed E-state index contributed by atoms with van der Waals surface area (Å²) in [6.07, 6.45) is 0. The van der Waals surface area contributed by atoms with Crippen LogP contribution in [0.4, 0.5) is 0 Å². The molecule has 0 amide bonds. The van der Waals surface area contributed by atoms with E-state index >= 15 is 0 Å². The standard InChI is InChI=1S/C6H5N3O.2H3N.2H2O/c10-9-6-4-2-1-3-5(6)7-8-9;;;;/h1-4,10H;2*1H3;2*1H2. The van der Waals surface area contributed by atoms with Gasteiger partial charge in [-0.25, -0.2) is 0 Å². The molecule has 2 rings (SSSR count). The molecular weight excluding hydrogens is 190 g/mol. The first-order valence-corrected chi connectivity index (χ1v) is 2.87. The van der Waals surface area contributed by atoms with Crippen molar-refractivity contribution in [2.75, 3.05) is 0 Å². The first kappa shape index (κ1) is 18.1. The van der Waals surface area contributed by atoms with Gasteiger partial charge in [-0.2, -0.15) is 0 Å². The largest absolute Gasteiger partial charge is 0.870 e. The van der Waals surface area contributed by atoms with Gasteiger partial charge < -0.3 is 28.5 Å². The Kier molecular flexibility index (Phi) is 8.73. The fourth-order valence-corrected chi connectivity index (χ4v) is 0.857. The van der Waals surface area contributed by atoms with Crippen molar-refractivity contribution in [3.05, 3.63) is 24.3 Å². The Hall–Kier alpha value is -1.74. The van der Waals surface area contributed by atoms with Crippen LogP contribution in [0.2, 0.25) is 0 Å². The Morgan fingerprint density at radius 1 is 1.07 bits per heavy atom. The van der Waals surface area contributed by atoms with Crippen molar-refractivity contribution in [3.63, 3.8) is 0 Å². The molecule has 0 unspecified atom stereocenters. The number of hydrogen-bond acceptors (Lipinski definition) is 5. The molecular formula is C6H15N5O3. The molecule has 0 aliphatic carbocycles. The van der Waals surface area contributed by atoms with E-state index in [4.69, 9.17) is 5.21 Å². The van der Waals surface area contributed by atoms with Crippen LogP contribution in [-0.2, 0) is 0 Å². The van der Waals surface area contributed by atoms with E-state index in [1.807, 2.05) is 12.1 Å². The van der Waals surface area contributed by atoms with E-state index in [2.05, 4.69) is 10.3 Å². The molecule has 0 saturated carbocycles. The molecule has 1 aromatic heterocycles. The van der Waals surface area contributed by atoms with Gasteiger partial charge in [-0.15, -0.1) is 5.10 Å². The highest BCUT2D eigenvalue weighted by Crippen LogP contribution is 2.06. The Morgan fingerprint density at radius 3 is 2.21 bits per heavy atom. The van der Waals surface area contributed by atoms with Crippen molar-refractivity contribution >= 4 is 11.0 Å². The van der Waals surface area contributed by atoms with Crippen LogP contribution in [0.3, 0.4) is 0 Å². The molecule has 0 radical (unpaired) electrons. The molecule has 0 aliphatic heterocycles. The summed E-state index contributed by atoms with van der Waals surface area (Å²) in [4.78, 5) is 0.759. The Balaban J connectivity index is -0.000000302. The Morgan fingerprint density at radius 2 is 1.64 bits per heavy atom. The zero-order valence-electron chi connectivity index (χ0n) is 7.99. The van der Waals surface area contributed by atoms with E-state index in [1.165, 1.54) is 0 Å². The predicted molar refractivity (Wildman–Crippen MR) is 50.6 cm³/mol. The van der Waals surface area contributed by atoms with Crippen LogP contribution in [0.15, 0.2) is 24.3 Å². The van der Waals surface area contributed by atoms with Gasteiger partial charge in [-0.3, -0.25) is 0 Å². The SMILES string of the molecule is On1nnc2ccccc21.[NH4+].[NH4+].[OH-].[OH-]. The quantitative estimate of drug-likeness (QED) is 0.542. The summed E-state index contributed by atoms with van der Waals surface area (Å²) < 4.78 is 0. The van der Waals surface area contributed by atoms with E-state index in [9.17, 15) is 0 Å². The number of benzene rings is 1. The van der Waals surface area contributed by atoms with Crippen molar-refractivity contribution < 1.29 is 16.2 Å². The number of nitrogens with zero attached hydrogens (tertiary/aromatic N) is 3.